The smallest absolute Gasteiger partial charge is 0.327 e. The van der Waals surface area contributed by atoms with Crippen molar-refractivity contribution < 1.29 is 19.6 Å². The molecule has 1 aromatic carbocycles. The third kappa shape index (κ3) is 4.54. The van der Waals surface area contributed by atoms with Crippen molar-refractivity contribution in [1.82, 2.24) is 5.32 Å². The van der Waals surface area contributed by atoms with E-state index in [2.05, 4.69) is 5.32 Å². The molecule has 2 N–H and O–H groups in total. The minimum absolute atomic E-state index is 0.0107. The van der Waals surface area contributed by atoms with E-state index in [9.17, 15) is 19.7 Å². The van der Waals surface area contributed by atoms with Gasteiger partial charge in [0.1, 0.15) is 6.04 Å². The van der Waals surface area contributed by atoms with Gasteiger partial charge in [-0.3, -0.25) is 14.9 Å². The average Bonchev–Trinajstić information content (AvgIpc) is 2.34. The molecule has 1 unspecified atom stereocenters. The number of aryl methyl sites for hydroxylation is 1. The number of carboxylic acid groups (broad SMARTS) is 1. The summed E-state index contributed by atoms with van der Waals surface area (Å²) >= 11 is 1.23. The molecule has 8 heteroatoms. The number of aliphatic carboxylic acids is 1. The van der Waals surface area contributed by atoms with E-state index in [-0.39, 0.29) is 11.4 Å². The van der Waals surface area contributed by atoms with E-state index >= 15 is 0 Å². The number of amides is 1. The van der Waals surface area contributed by atoms with Gasteiger partial charge in [-0.25, -0.2) is 4.79 Å². The Morgan fingerprint density at radius 2 is 2.15 bits per heavy atom. The lowest BCUT2D eigenvalue weighted by Gasteiger charge is -2.13. The van der Waals surface area contributed by atoms with Gasteiger partial charge in [0.05, 0.1) is 4.92 Å². The number of non-ortho nitro benzene ring substituents is 1. The summed E-state index contributed by atoms with van der Waals surface area (Å²) in [5.41, 5.74) is 0.680. The molecule has 0 fully saturated rings. The van der Waals surface area contributed by atoms with Crippen molar-refractivity contribution in [1.29, 1.82) is 0 Å². The highest BCUT2D eigenvalue weighted by molar-refractivity contribution is 7.99. The molecule has 0 spiro atoms. The monoisotopic (exact) mass is 298 g/mol. The molecule has 0 saturated carbocycles. The number of hydrogen-bond donors (Lipinski definition) is 2. The van der Waals surface area contributed by atoms with Gasteiger partial charge in [-0.2, -0.15) is 0 Å². The molecular formula is C12H14N2O5S. The summed E-state index contributed by atoms with van der Waals surface area (Å²) in [6.07, 6.45) is 0. The number of carbonyl (C=O) groups excluding carboxylic acids is 1. The van der Waals surface area contributed by atoms with E-state index in [0.717, 1.165) is 4.90 Å². The zero-order valence-corrected chi connectivity index (χ0v) is 11.8. The third-order valence-corrected chi connectivity index (χ3v) is 3.72. The molecule has 1 aromatic rings. The summed E-state index contributed by atoms with van der Waals surface area (Å²) < 4.78 is 0. The number of carboxylic acids is 1. The lowest BCUT2D eigenvalue weighted by Crippen LogP contribution is -2.41. The molecule has 0 aromatic heterocycles. The predicted octanol–water partition coefficient (Wildman–Crippen LogP) is 1.58. The average molecular weight is 298 g/mol. The predicted molar refractivity (Wildman–Crippen MR) is 73.8 cm³/mol. The Labute approximate surface area is 119 Å². The Morgan fingerprint density at radius 3 is 2.60 bits per heavy atom. The van der Waals surface area contributed by atoms with Crippen molar-refractivity contribution in [3.63, 3.8) is 0 Å². The summed E-state index contributed by atoms with van der Waals surface area (Å²) in [7, 11) is 0. The second kappa shape index (κ2) is 6.90. The molecule has 0 radical (unpaired) electrons. The zero-order valence-electron chi connectivity index (χ0n) is 11.0. The fourth-order valence-corrected chi connectivity index (χ4v) is 2.53. The summed E-state index contributed by atoms with van der Waals surface area (Å²) in [5, 5.41) is 21.9. The van der Waals surface area contributed by atoms with Crippen LogP contribution in [0.5, 0.6) is 0 Å². The minimum atomic E-state index is -1.12. The first-order valence-electron chi connectivity index (χ1n) is 5.69. The first-order chi connectivity index (χ1) is 9.31. The number of hydrogen-bond acceptors (Lipinski definition) is 5. The van der Waals surface area contributed by atoms with Crippen molar-refractivity contribution in [3.8, 4) is 0 Å². The van der Waals surface area contributed by atoms with Crippen LogP contribution < -0.4 is 5.32 Å². The molecule has 0 aliphatic heterocycles. The van der Waals surface area contributed by atoms with E-state index in [4.69, 9.17) is 5.11 Å². The number of nitro benzene ring substituents is 1. The van der Waals surface area contributed by atoms with Crippen LogP contribution in [0.3, 0.4) is 0 Å². The second-order valence-corrected chi connectivity index (χ2v) is 5.17. The van der Waals surface area contributed by atoms with Crippen LogP contribution in [0, 0.1) is 17.0 Å². The lowest BCUT2D eigenvalue weighted by molar-refractivity contribution is -0.385. The van der Waals surface area contributed by atoms with Crippen LogP contribution >= 0.6 is 11.8 Å². The maximum absolute atomic E-state index is 11.0. The molecule has 0 bridgehead atoms. The first-order valence-corrected chi connectivity index (χ1v) is 6.67. The SMILES string of the molecule is CC(=O)NC(CSc1ccc([N+](=O)[O-])cc1C)C(=O)O. The lowest BCUT2D eigenvalue weighted by atomic mass is 10.2. The van der Waals surface area contributed by atoms with Gasteiger partial charge >= 0.3 is 5.97 Å². The van der Waals surface area contributed by atoms with E-state index in [1.54, 1.807) is 13.0 Å². The van der Waals surface area contributed by atoms with Gasteiger partial charge in [0, 0.05) is 29.7 Å². The van der Waals surface area contributed by atoms with E-state index < -0.39 is 22.8 Å². The van der Waals surface area contributed by atoms with Crippen LogP contribution in [0.25, 0.3) is 0 Å². The topological polar surface area (TPSA) is 110 Å². The minimum Gasteiger partial charge on any atom is -0.480 e. The van der Waals surface area contributed by atoms with Crippen LogP contribution in [0.2, 0.25) is 0 Å². The number of rotatable bonds is 6. The zero-order chi connectivity index (χ0) is 15.3. The van der Waals surface area contributed by atoms with Gasteiger partial charge in [0.25, 0.3) is 5.69 Å². The maximum Gasteiger partial charge on any atom is 0.327 e. The molecule has 0 aliphatic rings. The van der Waals surface area contributed by atoms with Crippen molar-refractivity contribution in [2.24, 2.45) is 0 Å². The quantitative estimate of drug-likeness (QED) is 0.469. The van der Waals surface area contributed by atoms with Gasteiger partial charge in [0.2, 0.25) is 5.91 Å². The number of nitro groups is 1. The van der Waals surface area contributed by atoms with Crippen molar-refractivity contribution in [2.45, 2.75) is 24.8 Å². The van der Waals surface area contributed by atoms with E-state index in [0.29, 0.717) is 5.56 Å². The fraction of sp³-hybridized carbons (Fsp3) is 0.333. The highest BCUT2D eigenvalue weighted by Gasteiger charge is 2.19. The van der Waals surface area contributed by atoms with Crippen molar-refractivity contribution in [2.75, 3.05) is 5.75 Å². The standard InChI is InChI=1S/C12H14N2O5S/c1-7-5-9(14(18)19)3-4-11(7)20-6-10(12(16)17)13-8(2)15/h3-5,10H,6H2,1-2H3,(H,13,15)(H,16,17). The third-order valence-electron chi connectivity index (χ3n) is 2.45. The number of nitrogens with zero attached hydrogens (tertiary/aromatic N) is 1. The van der Waals surface area contributed by atoms with Crippen LogP contribution in [-0.4, -0.2) is 33.7 Å². The summed E-state index contributed by atoms with van der Waals surface area (Å²) in [6, 6.07) is 3.37. The second-order valence-electron chi connectivity index (χ2n) is 4.11. The highest BCUT2D eigenvalue weighted by Crippen LogP contribution is 2.26. The van der Waals surface area contributed by atoms with Crippen LogP contribution in [-0.2, 0) is 9.59 Å². The molecule has 1 atom stereocenters. The molecule has 108 valence electrons. The molecule has 1 amide bonds. The molecule has 0 heterocycles. The maximum atomic E-state index is 11.0. The fourth-order valence-electron chi connectivity index (χ4n) is 1.50. The molecule has 1 rings (SSSR count). The number of nitrogens with one attached hydrogen (secondary N) is 1. The normalized spacial score (nSPS) is 11.7. The summed E-state index contributed by atoms with van der Waals surface area (Å²) in [5.74, 6) is -1.39. The van der Waals surface area contributed by atoms with E-state index in [1.165, 1.54) is 30.8 Å². The Bertz CT molecular complexity index is 547. The summed E-state index contributed by atoms with van der Waals surface area (Å²) in [4.78, 5) is 32.7. The number of benzene rings is 1. The number of thioether (sulfide) groups is 1. The Morgan fingerprint density at radius 1 is 1.50 bits per heavy atom. The largest absolute Gasteiger partial charge is 0.480 e. The Kier molecular flexibility index (Phi) is 5.51. The van der Waals surface area contributed by atoms with E-state index in [1.807, 2.05) is 0 Å². The van der Waals surface area contributed by atoms with Gasteiger partial charge in [-0.15, -0.1) is 11.8 Å². The van der Waals surface area contributed by atoms with Crippen LogP contribution in [0.4, 0.5) is 5.69 Å². The van der Waals surface area contributed by atoms with Crippen molar-refractivity contribution >= 4 is 29.3 Å². The van der Waals surface area contributed by atoms with Gasteiger partial charge in [-0.1, -0.05) is 0 Å². The van der Waals surface area contributed by atoms with Crippen molar-refractivity contribution in [3.05, 3.63) is 33.9 Å². The summed E-state index contributed by atoms with van der Waals surface area (Å²) in [6.45, 7) is 2.96. The number of carbonyl (C=O) groups is 2. The first kappa shape index (κ1) is 16.0. The molecule has 20 heavy (non-hydrogen) atoms. The van der Waals surface area contributed by atoms with Gasteiger partial charge < -0.3 is 10.4 Å². The molecule has 7 nitrogen and oxygen atoms in total. The molecule has 0 saturated heterocycles. The Hall–Kier alpha value is -2.09. The van der Waals surface area contributed by atoms with Gasteiger partial charge in [-0.05, 0) is 18.6 Å². The van der Waals surface area contributed by atoms with Gasteiger partial charge in [0.15, 0.2) is 0 Å². The molecule has 0 aliphatic carbocycles. The van der Waals surface area contributed by atoms with Crippen LogP contribution in [0.1, 0.15) is 12.5 Å². The van der Waals surface area contributed by atoms with Crippen LogP contribution in [0.15, 0.2) is 23.1 Å². The Balaban J connectivity index is 2.75. The molecular weight excluding hydrogens is 284 g/mol. The highest BCUT2D eigenvalue weighted by atomic mass is 32.2.